The first-order valence-electron chi connectivity index (χ1n) is 9.01. The molecule has 0 unspecified atom stereocenters. The number of aliphatic hydroxyl groups excluding tert-OH is 1. The topological polar surface area (TPSA) is 74.2 Å². The number of aliphatic hydroxyl groups is 1. The Morgan fingerprint density at radius 2 is 2.07 bits per heavy atom. The van der Waals surface area contributed by atoms with Gasteiger partial charge in [0.05, 0.1) is 12.5 Å². The zero-order valence-corrected chi connectivity index (χ0v) is 15.7. The van der Waals surface area contributed by atoms with Crippen LogP contribution in [0.4, 0.5) is 0 Å². The lowest BCUT2D eigenvalue weighted by Crippen LogP contribution is -2.57. The lowest BCUT2D eigenvalue weighted by Gasteiger charge is -2.40. The van der Waals surface area contributed by atoms with Gasteiger partial charge in [-0.3, -0.25) is 4.79 Å². The molecular formula is C21H24O6. The largest absolute Gasteiger partial charge is 0.499 e. The molecule has 0 saturated heterocycles. The third kappa shape index (κ3) is 2.11. The van der Waals surface area contributed by atoms with Gasteiger partial charge in [-0.05, 0) is 36.1 Å². The van der Waals surface area contributed by atoms with E-state index in [-0.39, 0.29) is 24.4 Å². The number of carbonyl (C=O) groups is 1. The Kier molecular flexibility index (Phi) is 4.09. The predicted octanol–water partition coefficient (Wildman–Crippen LogP) is 2.57. The summed E-state index contributed by atoms with van der Waals surface area (Å²) < 4.78 is 22.2. The average Bonchev–Trinajstić information content (AvgIpc) is 3.18. The van der Waals surface area contributed by atoms with E-state index >= 15 is 0 Å². The molecule has 4 rings (SSSR count). The molecular weight excluding hydrogens is 348 g/mol. The Labute approximate surface area is 158 Å². The van der Waals surface area contributed by atoms with E-state index in [1.54, 1.807) is 12.2 Å². The monoisotopic (exact) mass is 372 g/mol. The summed E-state index contributed by atoms with van der Waals surface area (Å²) in [5.74, 6) is 0.984. The molecule has 1 aliphatic heterocycles. The molecule has 1 fully saturated rings. The molecule has 144 valence electrons. The van der Waals surface area contributed by atoms with Crippen LogP contribution in [0.15, 0.2) is 42.7 Å². The molecule has 1 heterocycles. The van der Waals surface area contributed by atoms with Gasteiger partial charge in [-0.1, -0.05) is 19.1 Å². The summed E-state index contributed by atoms with van der Waals surface area (Å²) in [5.41, 5.74) is -1.42. The van der Waals surface area contributed by atoms with Crippen molar-refractivity contribution in [2.75, 3.05) is 21.0 Å². The first-order chi connectivity index (χ1) is 13.0. The summed E-state index contributed by atoms with van der Waals surface area (Å²) in [6, 6.07) is 5.61. The highest BCUT2D eigenvalue weighted by atomic mass is 16.7. The van der Waals surface area contributed by atoms with Crippen molar-refractivity contribution < 1.29 is 28.8 Å². The molecule has 6 nitrogen and oxygen atoms in total. The second kappa shape index (κ2) is 6.11. The van der Waals surface area contributed by atoms with Gasteiger partial charge in [0.2, 0.25) is 6.79 Å². The molecule has 1 saturated carbocycles. The van der Waals surface area contributed by atoms with Gasteiger partial charge >= 0.3 is 0 Å². The maximum Gasteiger partial charge on any atom is 0.231 e. The molecule has 6 heteroatoms. The summed E-state index contributed by atoms with van der Waals surface area (Å²) in [6.45, 7) is 6.02. The minimum Gasteiger partial charge on any atom is -0.499 e. The van der Waals surface area contributed by atoms with Gasteiger partial charge in [0.1, 0.15) is 11.9 Å². The van der Waals surface area contributed by atoms with Crippen LogP contribution < -0.4 is 9.47 Å². The number of allylic oxidation sites excluding steroid dienone is 2. The van der Waals surface area contributed by atoms with Crippen molar-refractivity contribution in [2.24, 2.45) is 11.3 Å². The normalized spacial score (nSPS) is 36.5. The number of methoxy groups -OCH3 is 2. The van der Waals surface area contributed by atoms with E-state index < -0.39 is 17.1 Å². The van der Waals surface area contributed by atoms with Crippen LogP contribution in [0.5, 0.6) is 11.5 Å². The van der Waals surface area contributed by atoms with Crippen LogP contribution in [0, 0.1) is 11.3 Å². The van der Waals surface area contributed by atoms with Gasteiger partial charge in [-0.15, -0.1) is 6.58 Å². The summed E-state index contributed by atoms with van der Waals surface area (Å²) in [7, 11) is 2.96. The second-order valence-corrected chi connectivity index (χ2v) is 7.39. The van der Waals surface area contributed by atoms with Gasteiger partial charge in [0, 0.05) is 13.0 Å². The highest BCUT2D eigenvalue weighted by Gasteiger charge is 2.72. The van der Waals surface area contributed by atoms with Crippen molar-refractivity contribution in [3.8, 4) is 11.5 Å². The van der Waals surface area contributed by atoms with Gasteiger partial charge in [-0.2, -0.15) is 0 Å². The number of ketones is 1. The number of fused-ring (bicyclic) bond motifs is 3. The molecule has 0 radical (unpaired) electrons. The molecule has 0 amide bonds. The molecule has 1 N–H and O–H groups in total. The van der Waals surface area contributed by atoms with Crippen LogP contribution in [0.25, 0.3) is 0 Å². The Morgan fingerprint density at radius 1 is 1.33 bits per heavy atom. The maximum absolute atomic E-state index is 13.7. The summed E-state index contributed by atoms with van der Waals surface area (Å²) >= 11 is 0. The maximum atomic E-state index is 13.7. The van der Waals surface area contributed by atoms with E-state index in [2.05, 4.69) is 6.58 Å². The zero-order valence-electron chi connectivity index (χ0n) is 15.7. The van der Waals surface area contributed by atoms with E-state index in [4.69, 9.17) is 18.9 Å². The van der Waals surface area contributed by atoms with Crippen LogP contribution in [-0.4, -0.2) is 43.6 Å². The SMILES string of the molecule is C=CC[C@@]12C=C(OC)[C@H](O)[C@@](OC)(C1=O)[C@H](c1ccc3c(c1)OCO3)[C@H]2C. The number of Topliss-reactive ketones (excluding diaryl/α,β-unsaturated/α-hetero) is 1. The van der Waals surface area contributed by atoms with E-state index in [0.717, 1.165) is 5.56 Å². The van der Waals surface area contributed by atoms with Gasteiger partial charge in [0.15, 0.2) is 22.9 Å². The molecule has 1 aromatic carbocycles. The fourth-order valence-corrected chi connectivity index (χ4v) is 5.14. The lowest BCUT2D eigenvalue weighted by atomic mass is 9.70. The summed E-state index contributed by atoms with van der Waals surface area (Å²) in [6.07, 6.45) is 2.74. The van der Waals surface area contributed by atoms with Crippen molar-refractivity contribution >= 4 is 5.78 Å². The third-order valence-electron chi connectivity index (χ3n) is 6.44. The highest BCUT2D eigenvalue weighted by Crippen LogP contribution is 2.63. The Morgan fingerprint density at radius 3 is 2.74 bits per heavy atom. The van der Waals surface area contributed by atoms with Crippen LogP contribution in [0.1, 0.15) is 24.8 Å². The Bertz CT molecular complexity index is 830. The fraction of sp³-hybridized carbons (Fsp3) is 0.476. The predicted molar refractivity (Wildman–Crippen MR) is 97.6 cm³/mol. The summed E-state index contributed by atoms with van der Waals surface area (Å²) in [5, 5.41) is 11.1. The van der Waals surface area contributed by atoms with Crippen LogP contribution >= 0.6 is 0 Å². The van der Waals surface area contributed by atoms with Crippen molar-refractivity contribution in [2.45, 2.75) is 31.0 Å². The fourth-order valence-electron chi connectivity index (χ4n) is 5.14. The smallest absolute Gasteiger partial charge is 0.231 e. The van der Waals surface area contributed by atoms with Crippen LogP contribution in [-0.2, 0) is 14.3 Å². The Hall–Kier alpha value is -2.31. The van der Waals surface area contributed by atoms with E-state index in [1.165, 1.54) is 14.2 Å². The van der Waals surface area contributed by atoms with E-state index in [9.17, 15) is 9.90 Å². The van der Waals surface area contributed by atoms with Crippen molar-refractivity contribution in [3.05, 3.63) is 48.3 Å². The molecule has 0 aromatic heterocycles. The quantitative estimate of drug-likeness (QED) is 0.801. The van der Waals surface area contributed by atoms with Crippen molar-refractivity contribution in [3.63, 3.8) is 0 Å². The third-order valence-corrected chi connectivity index (χ3v) is 6.44. The minimum absolute atomic E-state index is 0.138. The number of hydrogen-bond acceptors (Lipinski definition) is 6. The number of carbonyl (C=O) groups excluding carboxylic acids is 1. The highest BCUT2D eigenvalue weighted by molar-refractivity contribution is 6.01. The van der Waals surface area contributed by atoms with Crippen molar-refractivity contribution in [1.29, 1.82) is 0 Å². The molecule has 0 spiro atoms. The first kappa shape index (κ1) is 18.1. The lowest BCUT2D eigenvalue weighted by molar-refractivity contribution is -0.161. The number of hydrogen-bond donors (Lipinski definition) is 1. The molecule has 1 aromatic rings. The summed E-state index contributed by atoms with van der Waals surface area (Å²) in [4.78, 5) is 13.7. The molecule has 5 atom stereocenters. The molecule has 27 heavy (non-hydrogen) atoms. The standard InChI is InChI=1S/C21H24O6/c1-5-8-20-10-16(24-3)18(22)21(25-4,19(20)23)17(12(20)2)13-6-7-14-15(9-13)27-11-26-14/h5-7,9-10,12,17-18,22H,1,8,11H2,2-4H3/t12-,17+,18+,20+,21-/m1/s1. The number of ether oxygens (including phenoxy) is 4. The van der Waals surface area contributed by atoms with E-state index in [0.29, 0.717) is 23.7 Å². The molecule has 2 bridgehead atoms. The van der Waals surface area contributed by atoms with Crippen molar-refractivity contribution in [1.82, 2.24) is 0 Å². The Balaban J connectivity index is 1.93. The van der Waals surface area contributed by atoms with Crippen LogP contribution in [0.2, 0.25) is 0 Å². The molecule has 2 aliphatic carbocycles. The van der Waals surface area contributed by atoms with Gasteiger partial charge < -0.3 is 24.1 Å². The second-order valence-electron chi connectivity index (χ2n) is 7.39. The number of benzene rings is 1. The zero-order chi connectivity index (χ0) is 19.4. The van der Waals surface area contributed by atoms with Gasteiger partial charge in [-0.25, -0.2) is 0 Å². The minimum atomic E-state index is -1.43. The van der Waals surface area contributed by atoms with Gasteiger partial charge in [0.25, 0.3) is 0 Å². The number of rotatable bonds is 5. The molecule has 3 aliphatic rings. The van der Waals surface area contributed by atoms with E-state index in [1.807, 2.05) is 25.1 Å². The first-order valence-corrected chi connectivity index (χ1v) is 9.01. The van der Waals surface area contributed by atoms with Crippen LogP contribution in [0.3, 0.4) is 0 Å². The average molecular weight is 372 g/mol.